The second-order valence-electron chi connectivity index (χ2n) is 12.3. The van der Waals surface area contributed by atoms with Crippen molar-refractivity contribution in [3.63, 3.8) is 0 Å². The molecule has 3 heterocycles. The number of methoxy groups -OCH3 is 1. The molecule has 1 fully saturated rings. The van der Waals surface area contributed by atoms with Crippen molar-refractivity contribution in [2.45, 2.75) is 76.5 Å². The summed E-state index contributed by atoms with van der Waals surface area (Å²) in [7, 11) is 1.58. The van der Waals surface area contributed by atoms with Gasteiger partial charge in [-0.3, -0.25) is 4.79 Å². The molecule has 3 atom stereocenters. The van der Waals surface area contributed by atoms with E-state index in [9.17, 15) is 24.3 Å². The highest BCUT2D eigenvalue weighted by molar-refractivity contribution is 5.92. The molecule has 0 radical (unpaired) electrons. The van der Waals surface area contributed by atoms with Gasteiger partial charge in [-0.25, -0.2) is 29.8 Å². The smallest absolute Gasteiger partial charge is 0.426 e. The maximum atomic E-state index is 14.4. The molecule has 2 aromatic carbocycles. The third-order valence-electron chi connectivity index (χ3n) is 8.78. The van der Waals surface area contributed by atoms with E-state index in [0.29, 0.717) is 47.5 Å². The normalized spacial score (nSPS) is 20.3. The summed E-state index contributed by atoms with van der Waals surface area (Å²) in [5.74, 6) is -0.917. The van der Waals surface area contributed by atoms with Gasteiger partial charge in [0.25, 0.3) is 5.91 Å². The lowest BCUT2D eigenvalue weighted by Crippen LogP contribution is -2.60. The number of rotatable bonds is 9. The Morgan fingerprint density at radius 2 is 1.86 bits per heavy atom. The van der Waals surface area contributed by atoms with Crippen molar-refractivity contribution in [2.24, 2.45) is 0 Å². The number of aromatic nitrogens is 1. The van der Waals surface area contributed by atoms with Crippen molar-refractivity contribution in [2.75, 3.05) is 26.8 Å². The number of nitrogens with zero attached hydrogens (tertiary/aromatic N) is 3. The summed E-state index contributed by atoms with van der Waals surface area (Å²) in [6.07, 6.45) is 6.39. The number of hydrogen-bond donors (Lipinski definition) is 3. The summed E-state index contributed by atoms with van der Waals surface area (Å²) in [6.45, 7) is 2.48. The van der Waals surface area contributed by atoms with Gasteiger partial charge in [0.2, 0.25) is 0 Å². The van der Waals surface area contributed by atoms with Crippen LogP contribution in [-0.2, 0) is 14.3 Å². The molecule has 0 bridgehead atoms. The van der Waals surface area contributed by atoms with E-state index in [0.717, 1.165) is 36.3 Å². The summed E-state index contributed by atoms with van der Waals surface area (Å²) < 4.78 is 17.3. The second-order valence-corrected chi connectivity index (χ2v) is 12.3. The Morgan fingerprint density at radius 3 is 2.62 bits per heavy atom. The van der Waals surface area contributed by atoms with Gasteiger partial charge in [-0.1, -0.05) is 55.8 Å². The van der Waals surface area contributed by atoms with Gasteiger partial charge in [0.15, 0.2) is 6.04 Å². The first-order valence-electron chi connectivity index (χ1n) is 17.2. The summed E-state index contributed by atoms with van der Waals surface area (Å²) in [5, 5.41) is 14.7. The van der Waals surface area contributed by atoms with Gasteiger partial charge in [-0.15, -0.1) is 0 Å². The average molecular weight is 688 g/mol. The Hall–Kier alpha value is -5.33. The molecule has 0 spiro atoms. The number of hydrazine groups is 1. The molecule has 4 amide bonds. The van der Waals surface area contributed by atoms with Crippen LogP contribution < -0.4 is 20.2 Å². The van der Waals surface area contributed by atoms with Crippen molar-refractivity contribution in [1.29, 1.82) is 0 Å². The Morgan fingerprint density at radius 1 is 1.06 bits per heavy atom. The van der Waals surface area contributed by atoms with Gasteiger partial charge in [0, 0.05) is 36.0 Å². The standard InChI is InChI=1S/C37H45N5O8/c1-3-4-20-49-37(47)40-42-31(35(44)45)16-12-7-5-6-8-13-19-38-36(46)41-24-27(22-32(41)34(42)43)50-33-23-29(25-14-10-9-11-15-25)39-30-21-26(48-2)17-18-28(30)33/h5,7,9-11,14-15,17-18,21,23,27,31-32H,3-4,6,8,12-13,16,19-20,22,24H2,1-2H3,(H,38,46)(H,40,47)(H,44,45). The molecule has 13 heteroatoms. The van der Waals surface area contributed by atoms with E-state index in [2.05, 4.69) is 10.7 Å². The molecule has 266 valence electrons. The van der Waals surface area contributed by atoms with Gasteiger partial charge < -0.3 is 29.5 Å². The highest BCUT2D eigenvalue weighted by Gasteiger charge is 2.45. The van der Waals surface area contributed by atoms with E-state index < -0.39 is 42.2 Å². The number of carboxylic acids is 1. The zero-order chi connectivity index (χ0) is 35.5. The van der Waals surface area contributed by atoms with Crippen LogP contribution in [0.5, 0.6) is 11.5 Å². The Balaban J connectivity index is 1.49. The molecule has 5 rings (SSSR count). The van der Waals surface area contributed by atoms with Gasteiger partial charge >= 0.3 is 18.1 Å². The van der Waals surface area contributed by atoms with E-state index in [1.54, 1.807) is 13.2 Å². The number of pyridine rings is 1. The number of hydrogen-bond acceptors (Lipinski definition) is 8. The molecule has 13 nitrogen and oxygen atoms in total. The van der Waals surface area contributed by atoms with Gasteiger partial charge in [-0.05, 0) is 50.7 Å². The van der Waals surface area contributed by atoms with Crippen LogP contribution in [0.2, 0.25) is 0 Å². The fourth-order valence-corrected chi connectivity index (χ4v) is 6.10. The number of ether oxygens (including phenoxy) is 3. The monoisotopic (exact) mass is 687 g/mol. The fraction of sp³-hybridized carbons (Fsp3) is 0.432. The van der Waals surface area contributed by atoms with E-state index in [1.165, 1.54) is 4.90 Å². The molecule has 1 saturated heterocycles. The van der Waals surface area contributed by atoms with E-state index >= 15 is 0 Å². The fourth-order valence-electron chi connectivity index (χ4n) is 6.10. The number of carboxylic acid groups (broad SMARTS) is 1. The van der Waals surface area contributed by atoms with Crippen LogP contribution in [0.3, 0.4) is 0 Å². The van der Waals surface area contributed by atoms with Gasteiger partial charge in [0.05, 0.1) is 31.5 Å². The zero-order valence-corrected chi connectivity index (χ0v) is 28.5. The summed E-state index contributed by atoms with van der Waals surface area (Å²) in [5.41, 5.74) is 4.58. The topological polar surface area (TPSA) is 160 Å². The molecule has 2 aliphatic heterocycles. The third kappa shape index (κ3) is 9.01. The molecular formula is C37H45N5O8. The van der Waals surface area contributed by atoms with E-state index in [-0.39, 0.29) is 26.0 Å². The Kier molecular flexibility index (Phi) is 12.5. The van der Waals surface area contributed by atoms with Crippen LogP contribution in [0.25, 0.3) is 22.2 Å². The van der Waals surface area contributed by atoms with Crippen molar-refractivity contribution >= 4 is 34.9 Å². The largest absolute Gasteiger partial charge is 0.497 e. The van der Waals surface area contributed by atoms with Crippen molar-refractivity contribution < 1.29 is 38.5 Å². The number of allylic oxidation sites excluding steroid dienone is 2. The predicted molar refractivity (Wildman–Crippen MR) is 187 cm³/mol. The molecule has 50 heavy (non-hydrogen) atoms. The number of amides is 4. The minimum atomic E-state index is -1.41. The van der Waals surface area contributed by atoms with Crippen LogP contribution in [-0.4, -0.2) is 89.0 Å². The maximum Gasteiger partial charge on any atom is 0.426 e. The second kappa shape index (κ2) is 17.4. The lowest BCUT2D eigenvalue weighted by Gasteiger charge is -2.33. The number of benzene rings is 2. The molecule has 2 aliphatic rings. The van der Waals surface area contributed by atoms with Crippen LogP contribution in [0.4, 0.5) is 9.59 Å². The highest BCUT2D eigenvalue weighted by atomic mass is 16.6. The molecule has 3 aromatic rings. The molecule has 3 N–H and O–H groups in total. The average Bonchev–Trinajstić information content (AvgIpc) is 3.54. The minimum absolute atomic E-state index is 0.0387. The van der Waals surface area contributed by atoms with Crippen LogP contribution >= 0.6 is 0 Å². The SMILES string of the molecule is CCCCOC(=O)NN1C(=O)C2CC(Oc3cc(-c4ccccc4)nc4cc(OC)ccc34)CN2C(=O)NCCCCC=CCCC1C(=O)O. The van der Waals surface area contributed by atoms with Crippen molar-refractivity contribution in [3.8, 4) is 22.8 Å². The van der Waals surface area contributed by atoms with Crippen LogP contribution in [0.15, 0.2) is 66.7 Å². The summed E-state index contributed by atoms with van der Waals surface area (Å²) >= 11 is 0. The number of nitrogens with one attached hydrogen (secondary N) is 2. The number of fused-ring (bicyclic) bond motifs is 2. The molecule has 1 aromatic heterocycles. The molecule has 0 aliphatic carbocycles. The van der Waals surface area contributed by atoms with Crippen molar-refractivity contribution in [3.05, 3.63) is 66.7 Å². The van der Waals surface area contributed by atoms with Crippen LogP contribution in [0, 0.1) is 0 Å². The van der Waals surface area contributed by atoms with E-state index in [4.69, 9.17) is 19.2 Å². The first kappa shape index (κ1) is 36.0. The summed E-state index contributed by atoms with van der Waals surface area (Å²) in [4.78, 5) is 59.7. The molecular weight excluding hydrogens is 642 g/mol. The van der Waals surface area contributed by atoms with Crippen molar-refractivity contribution in [1.82, 2.24) is 25.6 Å². The predicted octanol–water partition coefficient (Wildman–Crippen LogP) is 5.69. The third-order valence-corrected chi connectivity index (χ3v) is 8.78. The quantitative estimate of drug-likeness (QED) is 0.190. The van der Waals surface area contributed by atoms with Gasteiger partial charge in [-0.2, -0.15) is 0 Å². The lowest BCUT2D eigenvalue weighted by atomic mass is 10.1. The Bertz CT molecular complexity index is 1680. The number of carbonyl (C=O) groups is 4. The first-order chi connectivity index (χ1) is 24.3. The lowest BCUT2D eigenvalue weighted by molar-refractivity contribution is -0.155. The first-order valence-corrected chi connectivity index (χ1v) is 17.2. The zero-order valence-electron chi connectivity index (χ0n) is 28.5. The van der Waals surface area contributed by atoms with Gasteiger partial charge in [0.1, 0.15) is 23.6 Å². The molecule has 0 saturated carbocycles. The Labute approximate surface area is 291 Å². The maximum absolute atomic E-state index is 14.4. The number of carbonyl (C=O) groups excluding carboxylic acids is 3. The highest BCUT2D eigenvalue weighted by Crippen LogP contribution is 2.35. The van der Waals surface area contributed by atoms with E-state index in [1.807, 2.05) is 67.6 Å². The number of unbranched alkanes of at least 4 members (excludes halogenated alkanes) is 1. The number of aliphatic carboxylic acids is 1. The minimum Gasteiger partial charge on any atom is -0.497 e. The number of urea groups is 1. The summed E-state index contributed by atoms with van der Waals surface area (Å²) in [6, 6.07) is 13.9. The molecule has 3 unspecified atom stereocenters. The van der Waals surface area contributed by atoms with Crippen LogP contribution in [0.1, 0.15) is 58.3 Å².